The molecule has 2 rings (SSSR count). The van der Waals surface area contributed by atoms with Crippen LogP contribution in [-0.4, -0.2) is 16.1 Å². The predicted molar refractivity (Wildman–Crippen MR) is 44.2 cm³/mol. The van der Waals surface area contributed by atoms with Crippen molar-refractivity contribution in [3.8, 4) is 0 Å². The van der Waals surface area contributed by atoms with Gasteiger partial charge < -0.3 is 0 Å². The first-order valence-corrected chi connectivity index (χ1v) is 3.75. The zero-order valence-corrected chi connectivity index (χ0v) is 6.68. The Balaban J connectivity index is 2.34. The van der Waals surface area contributed by atoms with Gasteiger partial charge in [-0.3, -0.25) is 4.79 Å². The highest BCUT2D eigenvalue weighted by molar-refractivity contribution is 6.07. The summed E-state index contributed by atoms with van der Waals surface area (Å²) in [4.78, 5) is 11.5. The number of carbonyl (C=O) groups excluding carboxylic acids is 1. The van der Waals surface area contributed by atoms with E-state index in [0.29, 0.717) is 5.56 Å². The summed E-state index contributed by atoms with van der Waals surface area (Å²) in [6.07, 6.45) is 1.30. The number of carbonyl (C=O) groups is 1. The standard InChI is InChI=1S/C9H6N2O2/c12-9(8-6-10-13-11-8)7-4-2-1-3-5-7/h1-6H. The Morgan fingerprint density at radius 3 is 2.62 bits per heavy atom. The van der Waals surface area contributed by atoms with Crippen molar-refractivity contribution in [3.63, 3.8) is 0 Å². The molecule has 0 N–H and O–H groups in total. The van der Waals surface area contributed by atoms with Crippen molar-refractivity contribution in [2.24, 2.45) is 0 Å². The van der Waals surface area contributed by atoms with E-state index in [9.17, 15) is 4.79 Å². The lowest BCUT2D eigenvalue weighted by Crippen LogP contribution is -2.00. The van der Waals surface area contributed by atoms with Crippen molar-refractivity contribution in [3.05, 3.63) is 47.8 Å². The fourth-order valence-corrected chi connectivity index (χ4v) is 1.00. The normalized spacial score (nSPS) is 9.85. The minimum absolute atomic E-state index is 0.179. The molecule has 0 saturated carbocycles. The van der Waals surface area contributed by atoms with Gasteiger partial charge in [0.2, 0.25) is 5.78 Å². The summed E-state index contributed by atoms with van der Waals surface area (Å²) < 4.78 is 4.34. The lowest BCUT2D eigenvalue weighted by atomic mass is 10.1. The Morgan fingerprint density at radius 2 is 2.00 bits per heavy atom. The summed E-state index contributed by atoms with van der Waals surface area (Å²) in [6, 6.07) is 8.87. The number of benzene rings is 1. The van der Waals surface area contributed by atoms with Crippen LogP contribution in [-0.2, 0) is 0 Å². The molecule has 4 heteroatoms. The molecule has 0 aliphatic carbocycles. The molecule has 0 unspecified atom stereocenters. The summed E-state index contributed by atoms with van der Waals surface area (Å²) in [5.74, 6) is -0.179. The second-order valence-corrected chi connectivity index (χ2v) is 2.49. The molecule has 0 fully saturated rings. The molecule has 0 saturated heterocycles. The molecule has 1 aromatic heterocycles. The van der Waals surface area contributed by atoms with Crippen LogP contribution in [0.5, 0.6) is 0 Å². The average molecular weight is 174 g/mol. The summed E-state index contributed by atoms with van der Waals surface area (Å²) in [5, 5.41) is 6.82. The monoisotopic (exact) mass is 174 g/mol. The van der Waals surface area contributed by atoms with E-state index in [1.165, 1.54) is 6.20 Å². The van der Waals surface area contributed by atoms with Gasteiger partial charge in [0.1, 0.15) is 6.20 Å². The number of ketones is 1. The van der Waals surface area contributed by atoms with Crippen molar-refractivity contribution in [2.75, 3.05) is 0 Å². The van der Waals surface area contributed by atoms with E-state index in [1.807, 2.05) is 6.07 Å². The predicted octanol–water partition coefficient (Wildman–Crippen LogP) is 1.30. The maximum absolute atomic E-state index is 11.5. The third kappa shape index (κ3) is 1.46. The van der Waals surface area contributed by atoms with Crippen molar-refractivity contribution in [2.45, 2.75) is 0 Å². The highest BCUT2D eigenvalue weighted by Gasteiger charge is 2.11. The Kier molecular flexibility index (Phi) is 1.88. The van der Waals surface area contributed by atoms with Gasteiger partial charge in [0.15, 0.2) is 5.69 Å². The molecule has 64 valence electrons. The third-order valence-electron chi connectivity index (χ3n) is 1.63. The smallest absolute Gasteiger partial charge is 0.216 e. The van der Waals surface area contributed by atoms with Crippen LogP contribution in [0.2, 0.25) is 0 Å². The van der Waals surface area contributed by atoms with E-state index in [0.717, 1.165) is 0 Å². The van der Waals surface area contributed by atoms with Gasteiger partial charge in [-0.05, 0) is 5.16 Å². The SMILES string of the molecule is O=C(c1ccccc1)c1cnon1. The molecule has 0 aliphatic rings. The van der Waals surface area contributed by atoms with Gasteiger partial charge in [0.05, 0.1) is 0 Å². The van der Waals surface area contributed by atoms with Crippen LogP contribution in [0.3, 0.4) is 0 Å². The molecule has 0 spiro atoms. The van der Waals surface area contributed by atoms with Crippen LogP contribution in [0.1, 0.15) is 16.1 Å². The first-order valence-electron chi connectivity index (χ1n) is 3.75. The van der Waals surface area contributed by atoms with Crippen molar-refractivity contribution in [1.29, 1.82) is 0 Å². The zero-order chi connectivity index (χ0) is 9.10. The molecule has 1 heterocycles. The number of hydrogen-bond acceptors (Lipinski definition) is 4. The van der Waals surface area contributed by atoms with Gasteiger partial charge in [-0.15, -0.1) is 0 Å². The van der Waals surface area contributed by atoms with E-state index in [4.69, 9.17) is 0 Å². The van der Waals surface area contributed by atoms with Crippen LogP contribution in [0, 0.1) is 0 Å². The quantitative estimate of drug-likeness (QED) is 0.644. The number of rotatable bonds is 2. The Hall–Kier alpha value is -1.97. The minimum atomic E-state index is -0.179. The molecule has 13 heavy (non-hydrogen) atoms. The molecular formula is C9H6N2O2. The molecule has 1 aromatic carbocycles. The average Bonchev–Trinajstić information content (AvgIpc) is 2.71. The van der Waals surface area contributed by atoms with E-state index in [2.05, 4.69) is 14.9 Å². The summed E-state index contributed by atoms with van der Waals surface area (Å²) >= 11 is 0. The lowest BCUT2D eigenvalue weighted by molar-refractivity contribution is 0.102. The topological polar surface area (TPSA) is 56.0 Å². The van der Waals surface area contributed by atoms with Gasteiger partial charge in [0.25, 0.3) is 0 Å². The minimum Gasteiger partial charge on any atom is -0.287 e. The number of hydrogen-bond donors (Lipinski definition) is 0. The Bertz CT molecular complexity index is 395. The maximum atomic E-state index is 11.5. The molecule has 4 nitrogen and oxygen atoms in total. The summed E-state index contributed by atoms with van der Waals surface area (Å²) in [5.41, 5.74) is 0.810. The van der Waals surface area contributed by atoms with Gasteiger partial charge in [-0.2, -0.15) is 0 Å². The molecule has 2 aromatic rings. The molecular weight excluding hydrogens is 168 g/mol. The van der Waals surface area contributed by atoms with Gasteiger partial charge in [0, 0.05) is 5.56 Å². The van der Waals surface area contributed by atoms with Gasteiger partial charge in [-0.25, -0.2) is 4.63 Å². The van der Waals surface area contributed by atoms with Crippen LogP contribution in [0.4, 0.5) is 0 Å². The van der Waals surface area contributed by atoms with E-state index in [1.54, 1.807) is 24.3 Å². The van der Waals surface area contributed by atoms with Crippen molar-refractivity contribution < 1.29 is 9.42 Å². The number of nitrogens with zero attached hydrogens (tertiary/aromatic N) is 2. The lowest BCUT2D eigenvalue weighted by Gasteiger charge is -1.93. The fourth-order valence-electron chi connectivity index (χ4n) is 1.00. The Labute approximate surface area is 74.2 Å². The summed E-state index contributed by atoms with van der Waals surface area (Å²) in [7, 11) is 0. The van der Waals surface area contributed by atoms with Crippen molar-refractivity contribution >= 4 is 5.78 Å². The zero-order valence-electron chi connectivity index (χ0n) is 6.68. The molecule has 0 aliphatic heterocycles. The highest BCUT2D eigenvalue weighted by Crippen LogP contribution is 2.05. The molecule has 0 bridgehead atoms. The van der Waals surface area contributed by atoms with Crippen LogP contribution in [0.15, 0.2) is 41.2 Å². The molecule has 0 atom stereocenters. The van der Waals surface area contributed by atoms with Gasteiger partial charge >= 0.3 is 0 Å². The number of aromatic nitrogens is 2. The van der Waals surface area contributed by atoms with Crippen molar-refractivity contribution in [1.82, 2.24) is 10.3 Å². The van der Waals surface area contributed by atoms with E-state index >= 15 is 0 Å². The molecule has 0 radical (unpaired) electrons. The largest absolute Gasteiger partial charge is 0.287 e. The van der Waals surface area contributed by atoms with Gasteiger partial charge in [-0.1, -0.05) is 35.5 Å². The second-order valence-electron chi connectivity index (χ2n) is 2.49. The maximum Gasteiger partial charge on any atom is 0.216 e. The van der Waals surface area contributed by atoms with E-state index in [-0.39, 0.29) is 11.5 Å². The first-order chi connectivity index (χ1) is 6.38. The molecule has 0 amide bonds. The first kappa shape index (κ1) is 7.67. The fraction of sp³-hybridized carbons (Fsp3) is 0. The Morgan fingerprint density at radius 1 is 1.23 bits per heavy atom. The van der Waals surface area contributed by atoms with Crippen LogP contribution in [0.25, 0.3) is 0 Å². The highest BCUT2D eigenvalue weighted by atomic mass is 16.6. The third-order valence-corrected chi connectivity index (χ3v) is 1.63. The van der Waals surface area contributed by atoms with Crippen LogP contribution >= 0.6 is 0 Å². The summed E-state index contributed by atoms with van der Waals surface area (Å²) in [6.45, 7) is 0. The van der Waals surface area contributed by atoms with E-state index < -0.39 is 0 Å². The second kappa shape index (κ2) is 3.18. The van der Waals surface area contributed by atoms with Crippen LogP contribution < -0.4 is 0 Å².